The van der Waals surface area contributed by atoms with E-state index < -0.39 is 22.7 Å². The van der Waals surface area contributed by atoms with Crippen LogP contribution in [0.3, 0.4) is 0 Å². The van der Waals surface area contributed by atoms with Crippen LogP contribution in [0, 0.1) is 5.92 Å². The van der Waals surface area contributed by atoms with E-state index in [9.17, 15) is 13.2 Å². The Balaban J connectivity index is 2.19. The lowest BCUT2D eigenvalue weighted by atomic mass is 9.92. The van der Waals surface area contributed by atoms with Crippen LogP contribution in [0.25, 0.3) is 11.1 Å². The second kappa shape index (κ2) is 11.3. The van der Waals surface area contributed by atoms with Gasteiger partial charge in [-0.2, -0.15) is 0 Å². The van der Waals surface area contributed by atoms with Gasteiger partial charge in [0.1, 0.15) is 12.4 Å². The molecular weight excluding hydrogens is 478 g/mol. The van der Waals surface area contributed by atoms with Crippen molar-refractivity contribution in [2.45, 2.75) is 57.9 Å². The molecule has 0 aliphatic rings. The van der Waals surface area contributed by atoms with Gasteiger partial charge >= 0.3 is 6.09 Å². The maximum Gasteiger partial charge on any atom is 0.421 e. The van der Waals surface area contributed by atoms with Crippen molar-refractivity contribution in [2.24, 2.45) is 5.92 Å². The fraction of sp³-hybridized carbons (Fsp3) is 0.407. The lowest BCUT2D eigenvalue weighted by Gasteiger charge is -2.22. The highest BCUT2D eigenvalue weighted by atomic mass is 32.2. The largest absolute Gasteiger partial charge is 0.446 e. The summed E-state index contributed by atoms with van der Waals surface area (Å²) < 4.78 is 35.6. The smallest absolute Gasteiger partial charge is 0.421 e. The number of hydrogen-bond donors (Lipinski definition) is 2. The summed E-state index contributed by atoms with van der Waals surface area (Å²) in [5.74, 6) is 1.23. The fourth-order valence-corrected chi connectivity index (χ4v) is 5.26. The Kier molecular flexibility index (Phi) is 8.58. The van der Waals surface area contributed by atoms with Gasteiger partial charge in [0.15, 0.2) is 0 Å². The second-order valence-electron chi connectivity index (χ2n) is 10.2. The minimum atomic E-state index is -4.28. The number of imidazole rings is 1. The van der Waals surface area contributed by atoms with Gasteiger partial charge in [-0.3, -0.25) is 0 Å². The normalized spacial score (nSPS) is 12.1. The first-order valence-electron chi connectivity index (χ1n) is 12.0. The summed E-state index contributed by atoms with van der Waals surface area (Å²) in [6, 6.07) is 12.8. The zero-order valence-corrected chi connectivity index (χ0v) is 22.3. The van der Waals surface area contributed by atoms with Crippen molar-refractivity contribution in [3.8, 4) is 11.1 Å². The SMILES string of the molecule is CC(C)Cc1cc(-c2ccccc2)c(S(=O)(=O)NC(=O)OCCO)cc1Cn1ccnc1C(C)(C)C. The molecule has 1 heterocycles. The number of nitrogens with zero attached hydrogens (tertiary/aromatic N) is 2. The monoisotopic (exact) mass is 513 g/mol. The predicted molar refractivity (Wildman–Crippen MR) is 139 cm³/mol. The number of aromatic nitrogens is 2. The molecule has 0 saturated carbocycles. The van der Waals surface area contributed by atoms with Gasteiger partial charge in [-0.1, -0.05) is 65.0 Å². The number of amides is 1. The van der Waals surface area contributed by atoms with Gasteiger partial charge in [0.25, 0.3) is 10.0 Å². The number of ether oxygens (including phenoxy) is 1. The number of benzene rings is 2. The fourth-order valence-electron chi connectivity index (χ4n) is 4.11. The maximum atomic E-state index is 13.4. The van der Waals surface area contributed by atoms with E-state index in [2.05, 4.69) is 39.6 Å². The third-order valence-electron chi connectivity index (χ3n) is 5.57. The minimum absolute atomic E-state index is 0.0189. The molecule has 0 saturated heterocycles. The Morgan fingerprint density at radius 2 is 1.83 bits per heavy atom. The Morgan fingerprint density at radius 1 is 1.14 bits per heavy atom. The highest BCUT2D eigenvalue weighted by molar-refractivity contribution is 7.90. The van der Waals surface area contributed by atoms with Crippen LogP contribution in [0.2, 0.25) is 0 Å². The highest BCUT2D eigenvalue weighted by Crippen LogP contribution is 2.33. The maximum absolute atomic E-state index is 13.4. The van der Waals surface area contributed by atoms with Crippen LogP contribution in [0.4, 0.5) is 4.79 Å². The number of aliphatic hydroxyl groups is 1. The average Bonchev–Trinajstić information content (AvgIpc) is 3.27. The van der Waals surface area contributed by atoms with Gasteiger partial charge < -0.3 is 14.4 Å². The molecule has 0 aliphatic heterocycles. The van der Waals surface area contributed by atoms with E-state index >= 15 is 0 Å². The van der Waals surface area contributed by atoms with Crippen LogP contribution in [0.1, 0.15) is 51.6 Å². The van der Waals surface area contributed by atoms with Gasteiger partial charge in [0.2, 0.25) is 0 Å². The quantitative estimate of drug-likeness (QED) is 0.436. The third-order valence-corrected chi connectivity index (χ3v) is 6.93. The van der Waals surface area contributed by atoms with Gasteiger partial charge in [-0.25, -0.2) is 22.9 Å². The molecule has 0 atom stereocenters. The van der Waals surface area contributed by atoms with Crippen LogP contribution in [0.5, 0.6) is 0 Å². The zero-order chi connectivity index (χ0) is 26.5. The Morgan fingerprint density at radius 3 is 2.44 bits per heavy atom. The van der Waals surface area contributed by atoms with Crippen molar-refractivity contribution >= 4 is 16.1 Å². The van der Waals surface area contributed by atoms with Gasteiger partial charge in [0, 0.05) is 29.9 Å². The molecule has 0 fully saturated rings. The topological polar surface area (TPSA) is 111 Å². The number of hydrogen-bond acceptors (Lipinski definition) is 6. The molecule has 9 heteroatoms. The Hall–Kier alpha value is -3.17. The third kappa shape index (κ3) is 6.73. The molecule has 1 amide bonds. The molecular formula is C27H35N3O5S. The Bertz CT molecular complexity index is 1290. The molecule has 0 spiro atoms. The van der Waals surface area contributed by atoms with Crippen LogP contribution in [-0.2, 0) is 33.1 Å². The Labute approximate surface area is 213 Å². The molecule has 194 valence electrons. The molecule has 1 aromatic heterocycles. The first kappa shape index (κ1) is 27.4. The molecule has 8 nitrogen and oxygen atoms in total. The van der Waals surface area contributed by atoms with Crippen LogP contribution in [-0.4, -0.2) is 42.4 Å². The summed E-state index contributed by atoms with van der Waals surface area (Å²) >= 11 is 0. The summed E-state index contributed by atoms with van der Waals surface area (Å²) in [5, 5.41) is 8.90. The molecule has 0 aliphatic carbocycles. The van der Waals surface area contributed by atoms with E-state index in [1.807, 2.05) is 51.9 Å². The van der Waals surface area contributed by atoms with Crippen molar-refractivity contribution in [3.05, 3.63) is 71.8 Å². The average molecular weight is 514 g/mol. The second-order valence-corrected chi connectivity index (χ2v) is 11.8. The summed E-state index contributed by atoms with van der Waals surface area (Å²) in [5.41, 5.74) is 2.88. The molecule has 0 radical (unpaired) electrons. The number of aliphatic hydroxyl groups excluding tert-OH is 1. The molecule has 36 heavy (non-hydrogen) atoms. The molecule has 0 unspecified atom stereocenters. The van der Waals surface area contributed by atoms with E-state index in [4.69, 9.17) is 9.84 Å². The lowest BCUT2D eigenvalue weighted by molar-refractivity contribution is 0.124. The summed E-state index contributed by atoms with van der Waals surface area (Å²) in [7, 11) is -4.28. The van der Waals surface area contributed by atoms with E-state index in [1.165, 1.54) is 0 Å². The van der Waals surface area contributed by atoms with Crippen molar-refractivity contribution in [3.63, 3.8) is 0 Å². The lowest BCUT2D eigenvalue weighted by Crippen LogP contribution is -2.32. The van der Waals surface area contributed by atoms with Crippen LogP contribution >= 0.6 is 0 Å². The van der Waals surface area contributed by atoms with E-state index in [1.54, 1.807) is 12.3 Å². The zero-order valence-electron chi connectivity index (χ0n) is 21.5. The minimum Gasteiger partial charge on any atom is -0.446 e. The number of sulfonamides is 1. The number of rotatable bonds is 9. The molecule has 3 rings (SSSR count). The van der Waals surface area contributed by atoms with Crippen molar-refractivity contribution < 1.29 is 23.1 Å². The molecule has 3 aromatic rings. The first-order valence-corrected chi connectivity index (χ1v) is 13.4. The highest BCUT2D eigenvalue weighted by Gasteiger charge is 2.26. The van der Waals surface area contributed by atoms with E-state index in [0.29, 0.717) is 18.0 Å². The van der Waals surface area contributed by atoms with Crippen LogP contribution in [0.15, 0.2) is 59.8 Å². The van der Waals surface area contributed by atoms with Crippen LogP contribution < -0.4 is 4.72 Å². The van der Waals surface area contributed by atoms with E-state index in [0.717, 1.165) is 28.9 Å². The number of carbonyl (C=O) groups excluding carboxylic acids is 1. The molecule has 2 N–H and O–H groups in total. The molecule has 2 aromatic carbocycles. The van der Waals surface area contributed by atoms with Crippen molar-refractivity contribution in [1.29, 1.82) is 0 Å². The van der Waals surface area contributed by atoms with Gasteiger partial charge in [-0.05, 0) is 41.2 Å². The number of carbonyl (C=O) groups is 1. The summed E-state index contributed by atoms with van der Waals surface area (Å²) in [4.78, 5) is 16.6. The number of nitrogens with one attached hydrogen (secondary N) is 1. The standard InChI is InChI=1S/C27H35N3O5S/c1-19(2)15-21-16-23(20-9-7-6-8-10-20)24(36(33,34)29-26(32)35-14-13-31)17-22(21)18-30-12-11-28-25(30)27(3,4)5/h6-12,16-17,19,31H,13-15,18H2,1-5H3,(H,29,32). The van der Waals surface area contributed by atoms with Crippen molar-refractivity contribution in [1.82, 2.24) is 14.3 Å². The summed E-state index contributed by atoms with van der Waals surface area (Å²) in [6.45, 7) is 10.2. The van der Waals surface area contributed by atoms with Crippen molar-refractivity contribution in [2.75, 3.05) is 13.2 Å². The summed E-state index contributed by atoms with van der Waals surface area (Å²) in [6.07, 6.45) is 3.25. The first-order chi connectivity index (χ1) is 16.9. The van der Waals surface area contributed by atoms with Gasteiger partial charge in [0.05, 0.1) is 11.5 Å². The predicted octanol–water partition coefficient (Wildman–Crippen LogP) is 4.50. The molecule has 0 bridgehead atoms. The van der Waals surface area contributed by atoms with E-state index in [-0.39, 0.29) is 16.9 Å². The van der Waals surface area contributed by atoms with Gasteiger partial charge in [-0.15, -0.1) is 0 Å².